The Labute approximate surface area is 87.0 Å². The molecule has 0 aromatic heterocycles. The fraction of sp³-hybridized carbons (Fsp3) is 0.583. The van der Waals surface area contributed by atoms with E-state index in [0.717, 1.165) is 12.8 Å². The summed E-state index contributed by atoms with van der Waals surface area (Å²) in [6.07, 6.45) is 4.31. The Morgan fingerprint density at radius 1 is 1.50 bits per heavy atom. The first kappa shape index (κ1) is 11.0. The normalized spacial score (nSPS) is 18.8. The quantitative estimate of drug-likeness (QED) is 0.655. The third-order valence-electron chi connectivity index (χ3n) is 2.98. The third-order valence-corrected chi connectivity index (χ3v) is 2.98. The summed E-state index contributed by atoms with van der Waals surface area (Å²) in [4.78, 5) is 0. The fourth-order valence-electron chi connectivity index (χ4n) is 1.42. The summed E-state index contributed by atoms with van der Waals surface area (Å²) in [6.45, 7) is 8.63. The molecule has 0 saturated carbocycles. The second-order valence-corrected chi connectivity index (χ2v) is 3.88. The first-order chi connectivity index (χ1) is 6.56. The predicted octanol–water partition coefficient (Wildman–Crippen LogP) is 3.33. The van der Waals surface area contributed by atoms with Gasteiger partial charge in [-0.05, 0) is 32.8 Å². The van der Waals surface area contributed by atoms with Crippen LogP contribution in [0.25, 0.3) is 0 Å². The van der Waals surface area contributed by atoms with E-state index in [9.17, 15) is 0 Å². The number of rotatable bonds is 2. The van der Waals surface area contributed by atoms with Crippen LogP contribution in [0.4, 0.5) is 0 Å². The van der Waals surface area contributed by atoms with E-state index in [1.165, 1.54) is 22.6 Å². The van der Waals surface area contributed by atoms with Gasteiger partial charge in [-0.3, -0.25) is 5.01 Å². The molecule has 0 atom stereocenters. The van der Waals surface area contributed by atoms with Crippen LogP contribution >= 0.6 is 0 Å². The van der Waals surface area contributed by atoms with Crippen LogP contribution in [0.5, 0.6) is 0 Å². The van der Waals surface area contributed by atoms with Gasteiger partial charge in [0.25, 0.3) is 0 Å². The molecule has 0 bridgehead atoms. The topological polar surface area (TPSA) is 15.6 Å². The highest BCUT2D eigenvalue weighted by Crippen LogP contribution is 2.18. The van der Waals surface area contributed by atoms with Gasteiger partial charge in [0.05, 0.1) is 5.71 Å². The van der Waals surface area contributed by atoms with E-state index >= 15 is 0 Å². The van der Waals surface area contributed by atoms with Gasteiger partial charge in [0.2, 0.25) is 0 Å². The lowest BCUT2D eigenvalue weighted by molar-refractivity contribution is 0.438. The van der Waals surface area contributed by atoms with Crippen LogP contribution in [-0.4, -0.2) is 17.8 Å². The molecule has 0 unspecified atom stereocenters. The molecular formula is C12H20N2. The van der Waals surface area contributed by atoms with E-state index in [0.29, 0.717) is 0 Å². The van der Waals surface area contributed by atoms with Crippen molar-refractivity contribution >= 4 is 5.71 Å². The standard InChI is InChI=1S/C12H20N2/c1-6-9(2)11(4)12-8-7-10(3)14(5)13-12/h7H,6,8H2,1-5H3/b11-9-. The molecule has 0 radical (unpaired) electrons. The van der Waals surface area contributed by atoms with Gasteiger partial charge in [-0.25, -0.2) is 0 Å². The van der Waals surface area contributed by atoms with Crippen molar-refractivity contribution in [3.63, 3.8) is 0 Å². The summed E-state index contributed by atoms with van der Waals surface area (Å²) in [7, 11) is 2.00. The summed E-state index contributed by atoms with van der Waals surface area (Å²) in [5.41, 5.74) is 5.22. The molecule has 2 heteroatoms. The highest BCUT2D eigenvalue weighted by atomic mass is 15.4. The minimum atomic E-state index is 0.972. The molecule has 14 heavy (non-hydrogen) atoms. The Morgan fingerprint density at radius 3 is 2.64 bits per heavy atom. The summed E-state index contributed by atoms with van der Waals surface area (Å²) in [5, 5.41) is 6.51. The van der Waals surface area contributed by atoms with E-state index in [-0.39, 0.29) is 0 Å². The average molecular weight is 192 g/mol. The van der Waals surface area contributed by atoms with E-state index < -0.39 is 0 Å². The molecule has 78 valence electrons. The van der Waals surface area contributed by atoms with Gasteiger partial charge >= 0.3 is 0 Å². The Kier molecular flexibility index (Phi) is 3.50. The Bertz CT molecular complexity index is 308. The van der Waals surface area contributed by atoms with Gasteiger partial charge < -0.3 is 0 Å². The van der Waals surface area contributed by atoms with Crippen molar-refractivity contribution in [3.8, 4) is 0 Å². The SMILES string of the molecule is CC/C(C)=C(/C)C1=NN(C)C(C)=CC1. The van der Waals surface area contributed by atoms with Crippen molar-refractivity contribution < 1.29 is 0 Å². The average Bonchev–Trinajstić information content (AvgIpc) is 2.20. The Balaban J connectivity index is 2.88. The second kappa shape index (κ2) is 4.45. The highest BCUT2D eigenvalue weighted by Gasteiger charge is 2.10. The Hall–Kier alpha value is -1.05. The summed E-state index contributed by atoms with van der Waals surface area (Å²) in [5.74, 6) is 0. The predicted molar refractivity (Wildman–Crippen MR) is 62.2 cm³/mol. The van der Waals surface area contributed by atoms with Crippen molar-refractivity contribution in [1.29, 1.82) is 0 Å². The molecule has 1 aliphatic rings. The van der Waals surface area contributed by atoms with Gasteiger partial charge in [-0.15, -0.1) is 0 Å². The van der Waals surface area contributed by atoms with Crippen LogP contribution in [0.1, 0.15) is 40.5 Å². The minimum absolute atomic E-state index is 0.972. The smallest absolute Gasteiger partial charge is 0.0676 e. The van der Waals surface area contributed by atoms with E-state index in [1.807, 2.05) is 12.1 Å². The van der Waals surface area contributed by atoms with Crippen molar-refractivity contribution in [2.24, 2.45) is 5.10 Å². The maximum atomic E-state index is 4.56. The Morgan fingerprint density at radius 2 is 2.14 bits per heavy atom. The highest BCUT2D eigenvalue weighted by molar-refractivity contribution is 6.01. The first-order valence-corrected chi connectivity index (χ1v) is 5.21. The number of hydrazone groups is 1. The lowest BCUT2D eigenvalue weighted by atomic mass is 10.0. The fourth-order valence-corrected chi connectivity index (χ4v) is 1.42. The van der Waals surface area contributed by atoms with Crippen LogP contribution in [0.3, 0.4) is 0 Å². The monoisotopic (exact) mass is 192 g/mol. The molecule has 0 fully saturated rings. The zero-order chi connectivity index (χ0) is 10.7. The van der Waals surface area contributed by atoms with Crippen molar-refractivity contribution in [3.05, 3.63) is 22.9 Å². The summed E-state index contributed by atoms with van der Waals surface area (Å²) in [6, 6.07) is 0. The van der Waals surface area contributed by atoms with E-state index in [1.54, 1.807) is 0 Å². The van der Waals surface area contributed by atoms with E-state index in [4.69, 9.17) is 0 Å². The number of hydrogen-bond donors (Lipinski definition) is 0. The lowest BCUT2D eigenvalue weighted by Gasteiger charge is -2.21. The van der Waals surface area contributed by atoms with E-state index in [2.05, 4.69) is 38.9 Å². The zero-order valence-electron chi connectivity index (χ0n) is 9.89. The van der Waals surface area contributed by atoms with Gasteiger partial charge in [0.1, 0.15) is 0 Å². The van der Waals surface area contributed by atoms with Gasteiger partial charge in [-0.2, -0.15) is 5.10 Å². The number of allylic oxidation sites excluding steroid dienone is 4. The van der Waals surface area contributed by atoms with Crippen LogP contribution < -0.4 is 0 Å². The zero-order valence-corrected chi connectivity index (χ0v) is 9.89. The van der Waals surface area contributed by atoms with Crippen LogP contribution in [0.2, 0.25) is 0 Å². The first-order valence-electron chi connectivity index (χ1n) is 5.21. The van der Waals surface area contributed by atoms with Crippen LogP contribution in [0.15, 0.2) is 28.0 Å². The molecule has 0 aliphatic carbocycles. The van der Waals surface area contributed by atoms with Crippen LogP contribution in [0, 0.1) is 0 Å². The molecular weight excluding hydrogens is 172 g/mol. The molecule has 0 aromatic carbocycles. The molecule has 0 spiro atoms. The maximum absolute atomic E-state index is 4.56. The van der Waals surface area contributed by atoms with Gasteiger partial charge in [0, 0.05) is 19.2 Å². The summed E-state index contributed by atoms with van der Waals surface area (Å²) < 4.78 is 0. The molecule has 0 aromatic rings. The number of nitrogens with zero attached hydrogens (tertiary/aromatic N) is 2. The summed E-state index contributed by atoms with van der Waals surface area (Å²) >= 11 is 0. The maximum Gasteiger partial charge on any atom is 0.0676 e. The largest absolute Gasteiger partial charge is 0.273 e. The molecule has 1 heterocycles. The lowest BCUT2D eigenvalue weighted by Crippen LogP contribution is -2.18. The van der Waals surface area contributed by atoms with Gasteiger partial charge in [0.15, 0.2) is 0 Å². The molecule has 0 saturated heterocycles. The molecule has 0 N–H and O–H groups in total. The van der Waals surface area contributed by atoms with Gasteiger partial charge in [-0.1, -0.05) is 18.6 Å². The molecule has 1 aliphatic heterocycles. The third kappa shape index (κ3) is 2.25. The number of hydrogen-bond acceptors (Lipinski definition) is 2. The van der Waals surface area contributed by atoms with Crippen molar-refractivity contribution in [1.82, 2.24) is 5.01 Å². The molecule has 2 nitrogen and oxygen atoms in total. The van der Waals surface area contributed by atoms with Crippen LogP contribution in [-0.2, 0) is 0 Å². The molecule has 1 rings (SSSR count). The van der Waals surface area contributed by atoms with Crippen molar-refractivity contribution in [2.45, 2.75) is 40.5 Å². The minimum Gasteiger partial charge on any atom is -0.273 e. The second-order valence-electron chi connectivity index (χ2n) is 3.88. The molecule has 0 amide bonds. The van der Waals surface area contributed by atoms with Crippen molar-refractivity contribution in [2.75, 3.05) is 7.05 Å².